The van der Waals surface area contributed by atoms with Gasteiger partial charge >= 0.3 is 0 Å². The van der Waals surface area contributed by atoms with Gasteiger partial charge in [-0.3, -0.25) is 0 Å². The van der Waals surface area contributed by atoms with Crippen LogP contribution in [0.2, 0.25) is 0 Å². The molecule has 3 heteroatoms. The molecule has 2 atom stereocenters. The quantitative estimate of drug-likeness (QED) is 0.757. The van der Waals surface area contributed by atoms with Crippen molar-refractivity contribution in [3.05, 3.63) is 0 Å². The molecule has 1 aliphatic rings. The van der Waals surface area contributed by atoms with Crippen molar-refractivity contribution < 1.29 is 5.11 Å². The van der Waals surface area contributed by atoms with Gasteiger partial charge in [-0.05, 0) is 76.5 Å². The van der Waals surface area contributed by atoms with Gasteiger partial charge in [0.1, 0.15) is 0 Å². The van der Waals surface area contributed by atoms with Crippen molar-refractivity contribution in [3.63, 3.8) is 0 Å². The smallest absolute Gasteiger partial charge is 0.0611 e. The van der Waals surface area contributed by atoms with Gasteiger partial charge in [-0.2, -0.15) is 0 Å². The van der Waals surface area contributed by atoms with Gasteiger partial charge in [0, 0.05) is 5.54 Å². The highest BCUT2D eigenvalue weighted by atomic mass is 16.3. The van der Waals surface area contributed by atoms with Crippen LogP contribution < -0.4 is 5.32 Å². The molecule has 126 valence electrons. The third kappa shape index (κ3) is 6.66. The fourth-order valence-electron chi connectivity index (χ4n) is 3.30. The first-order valence-corrected chi connectivity index (χ1v) is 8.89. The molecule has 0 bridgehead atoms. The Morgan fingerprint density at radius 3 is 2.43 bits per heavy atom. The first kappa shape index (κ1) is 18.9. The highest BCUT2D eigenvalue weighted by molar-refractivity contribution is 4.85. The van der Waals surface area contributed by atoms with E-state index < -0.39 is 0 Å². The molecule has 1 heterocycles. The lowest BCUT2D eigenvalue weighted by molar-refractivity contribution is 0.144. The van der Waals surface area contributed by atoms with Gasteiger partial charge in [-0.15, -0.1) is 0 Å². The molecule has 0 saturated carbocycles. The van der Waals surface area contributed by atoms with E-state index in [1.807, 2.05) is 0 Å². The Kier molecular flexibility index (Phi) is 7.66. The van der Waals surface area contributed by atoms with Gasteiger partial charge in [0.25, 0.3) is 0 Å². The van der Waals surface area contributed by atoms with Crippen LogP contribution in [0.1, 0.15) is 66.7 Å². The number of hydrogen-bond donors (Lipinski definition) is 2. The van der Waals surface area contributed by atoms with Crippen LogP contribution in [0.4, 0.5) is 0 Å². The Morgan fingerprint density at radius 1 is 1.14 bits per heavy atom. The largest absolute Gasteiger partial charge is 0.394 e. The molecule has 0 spiro atoms. The summed E-state index contributed by atoms with van der Waals surface area (Å²) in [6.45, 7) is 16.2. The maximum Gasteiger partial charge on any atom is 0.0611 e. The van der Waals surface area contributed by atoms with Gasteiger partial charge < -0.3 is 15.3 Å². The van der Waals surface area contributed by atoms with E-state index in [-0.39, 0.29) is 12.1 Å². The Morgan fingerprint density at radius 2 is 1.86 bits per heavy atom. The molecule has 1 aliphatic heterocycles. The minimum absolute atomic E-state index is 0.119. The number of aliphatic hydroxyl groups excluding tert-OH is 1. The maximum atomic E-state index is 9.66. The normalized spacial score (nSPS) is 24.6. The molecule has 2 unspecified atom stereocenters. The molecule has 0 aliphatic carbocycles. The van der Waals surface area contributed by atoms with E-state index >= 15 is 0 Å². The second-order valence-corrected chi connectivity index (χ2v) is 8.23. The fraction of sp³-hybridized carbons (Fsp3) is 1.00. The lowest BCUT2D eigenvalue weighted by Crippen LogP contribution is -2.48. The van der Waals surface area contributed by atoms with Crippen LogP contribution in [0.3, 0.4) is 0 Å². The van der Waals surface area contributed by atoms with Crippen molar-refractivity contribution in [2.24, 2.45) is 11.3 Å². The van der Waals surface area contributed by atoms with Crippen LogP contribution >= 0.6 is 0 Å². The lowest BCUT2D eigenvalue weighted by atomic mass is 9.77. The van der Waals surface area contributed by atoms with Crippen molar-refractivity contribution in [2.75, 3.05) is 32.8 Å². The first-order chi connectivity index (χ1) is 9.80. The van der Waals surface area contributed by atoms with Crippen molar-refractivity contribution in [1.29, 1.82) is 0 Å². The van der Waals surface area contributed by atoms with Crippen molar-refractivity contribution in [2.45, 2.75) is 72.3 Å². The van der Waals surface area contributed by atoms with Crippen LogP contribution in [0.25, 0.3) is 0 Å². The zero-order valence-electron chi connectivity index (χ0n) is 15.0. The van der Waals surface area contributed by atoms with E-state index in [0.717, 1.165) is 31.8 Å². The van der Waals surface area contributed by atoms with Crippen LogP contribution in [0.15, 0.2) is 0 Å². The molecule has 0 aromatic rings. The number of nitrogens with one attached hydrogen (secondary N) is 1. The number of nitrogens with zero attached hydrogens (tertiary/aromatic N) is 1. The summed E-state index contributed by atoms with van der Waals surface area (Å²) in [6, 6.07) is 0. The van der Waals surface area contributed by atoms with E-state index in [0.29, 0.717) is 5.41 Å². The molecular weight excluding hydrogens is 260 g/mol. The van der Waals surface area contributed by atoms with Gasteiger partial charge in [0.2, 0.25) is 0 Å². The Labute approximate surface area is 132 Å². The molecule has 1 fully saturated rings. The topological polar surface area (TPSA) is 35.5 Å². The molecule has 1 rings (SSSR count). The Hall–Kier alpha value is -0.120. The first-order valence-electron chi connectivity index (χ1n) is 8.89. The van der Waals surface area contributed by atoms with E-state index in [1.165, 1.54) is 32.4 Å². The predicted molar refractivity (Wildman–Crippen MR) is 91.6 cm³/mol. The summed E-state index contributed by atoms with van der Waals surface area (Å²) < 4.78 is 0. The molecule has 1 saturated heterocycles. The zero-order valence-corrected chi connectivity index (χ0v) is 15.0. The van der Waals surface area contributed by atoms with Gasteiger partial charge in [0.05, 0.1) is 6.61 Å². The maximum absolute atomic E-state index is 9.66. The zero-order chi connectivity index (χ0) is 15.9. The molecule has 0 radical (unpaired) electrons. The number of likely N-dealkylation sites (tertiary alicyclic amines) is 1. The van der Waals surface area contributed by atoms with Crippen molar-refractivity contribution in [3.8, 4) is 0 Å². The number of rotatable bonds is 7. The number of aliphatic hydroxyl groups is 1. The standard InChI is InChI=1S/C18H38N2O/c1-6-11-19-18(5,15-21)10-14-20-12-7-8-16(9-13-20)17(2,3)4/h16,19,21H,6-15H2,1-5H3. The van der Waals surface area contributed by atoms with Gasteiger partial charge in [-0.25, -0.2) is 0 Å². The van der Waals surface area contributed by atoms with Crippen LogP contribution in [-0.2, 0) is 0 Å². The summed E-state index contributed by atoms with van der Waals surface area (Å²) in [5.74, 6) is 0.852. The van der Waals surface area contributed by atoms with Crippen molar-refractivity contribution >= 4 is 0 Å². The third-order valence-corrected chi connectivity index (χ3v) is 5.18. The highest BCUT2D eigenvalue weighted by Gasteiger charge is 2.28. The molecule has 0 amide bonds. The van der Waals surface area contributed by atoms with Crippen molar-refractivity contribution in [1.82, 2.24) is 10.2 Å². The second-order valence-electron chi connectivity index (χ2n) is 8.23. The average molecular weight is 299 g/mol. The predicted octanol–water partition coefficient (Wildman–Crippen LogP) is 3.28. The summed E-state index contributed by atoms with van der Waals surface area (Å²) in [7, 11) is 0. The summed E-state index contributed by atoms with van der Waals surface area (Å²) in [4.78, 5) is 2.60. The SMILES string of the molecule is CCCNC(C)(CO)CCN1CCCC(C(C)(C)C)CC1. The lowest BCUT2D eigenvalue weighted by Gasteiger charge is -2.32. The van der Waals surface area contributed by atoms with E-state index in [9.17, 15) is 5.11 Å². The minimum Gasteiger partial charge on any atom is -0.394 e. The summed E-state index contributed by atoms with van der Waals surface area (Å²) in [6.07, 6.45) is 6.16. The fourth-order valence-corrected chi connectivity index (χ4v) is 3.30. The number of hydrogen-bond acceptors (Lipinski definition) is 3. The molecular formula is C18H38N2O. The van der Waals surface area contributed by atoms with Crippen LogP contribution in [-0.4, -0.2) is 48.3 Å². The van der Waals surface area contributed by atoms with Gasteiger partial charge in [-0.1, -0.05) is 27.7 Å². The van der Waals surface area contributed by atoms with Gasteiger partial charge in [0.15, 0.2) is 0 Å². The molecule has 0 aromatic heterocycles. The van der Waals surface area contributed by atoms with E-state index in [4.69, 9.17) is 0 Å². The molecule has 3 nitrogen and oxygen atoms in total. The minimum atomic E-state index is -0.119. The Bertz CT molecular complexity index is 287. The van der Waals surface area contributed by atoms with Crippen LogP contribution in [0, 0.1) is 11.3 Å². The average Bonchev–Trinajstić information content (AvgIpc) is 2.68. The molecule has 0 aromatic carbocycles. The third-order valence-electron chi connectivity index (χ3n) is 5.18. The second kappa shape index (κ2) is 8.50. The summed E-state index contributed by atoms with van der Waals surface area (Å²) >= 11 is 0. The van der Waals surface area contributed by atoms with Crippen LogP contribution in [0.5, 0.6) is 0 Å². The Balaban J connectivity index is 2.41. The monoisotopic (exact) mass is 298 g/mol. The van der Waals surface area contributed by atoms with E-state index in [2.05, 4.69) is 44.8 Å². The summed E-state index contributed by atoms with van der Waals surface area (Å²) in [5.41, 5.74) is 0.323. The highest BCUT2D eigenvalue weighted by Crippen LogP contribution is 2.34. The van der Waals surface area contributed by atoms with E-state index in [1.54, 1.807) is 0 Å². The summed E-state index contributed by atoms with van der Waals surface area (Å²) in [5, 5.41) is 13.2. The molecule has 2 N–H and O–H groups in total. The molecule has 21 heavy (non-hydrogen) atoms.